The van der Waals surface area contributed by atoms with Gasteiger partial charge in [-0.2, -0.15) is 0 Å². The topological polar surface area (TPSA) is 58.6 Å². The van der Waals surface area contributed by atoms with Crippen LogP contribution in [0.25, 0.3) is 0 Å². The summed E-state index contributed by atoms with van der Waals surface area (Å²) in [5, 5.41) is 0.265. The summed E-state index contributed by atoms with van der Waals surface area (Å²) in [5.74, 6) is 0. The first kappa shape index (κ1) is 17.4. The first-order chi connectivity index (χ1) is 11.2. The summed E-state index contributed by atoms with van der Waals surface area (Å²) in [6, 6.07) is 0.342. The molecule has 6 nitrogen and oxygen atoms in total. The summed E-state index contributed by atoms with van der Waals surface area (Å²) in [4.78, 5) is 24.6. The van der Waals surface area contributed by atoms with Crippen molar-refractivity contribution < 1.29 is 9.53 Å². The van der Waals surface area contributed by atoms with Crippen LogP contribution in [0.5, 0.6) is 0 Å². The van der Waals surface area contributed by atoms with Crippen LogP contribution in [0.2, 0.25) is 5.28 Å². The number of nitrogens with zero attached hydrogens (tertiary/aromatic N) is 4. The fourth-order valence-corrected chi connectivity index (χ4v) is 3.69. The van der Waals surface area contributed by atoms with Crippen LogP contribution in [-0.2, 0) is 11.3 Å². The molecule has 132 valence electrons. The van der Waals surface area contributed by atoms with Crippen LogP contribution in [0.1, 0.15) is 39.7 Å². The highest BCUT2D eigenvalue weighted by molar-refractivity contribution is 6.28. The van der Waals surface area contributed by atoms with Crippen LogP contribution >= 0.6 is 11.6 Å². The highest BCUT2D eigenvalue weighted by atomic mass is 35.5. The van der Waals surface area contributed by atoms with E-state index in [0.29, 0.717) is 12.6 Å². The minimum atomic E-state index is -0.461. The molecule has 0 unspecified atom stereocenters. The molecule has 2 saturated heterocycles. The number of amides is 1. The Morgan fingerprint density at radius 1 is 1.42 bits per heavy atom. The fourth-order valence-electron chi connectivity index (χ4n) is 3.59. The van der Waals surface area contributed by atoms with Gasteiger partial charge >= 0.3 is 6.09 Å². The van der Waals surface area contributed by atoms with Gasteiger partial charge in [-0.25, -0.2) is 14.8 Å². The van der Waals surface area contributed by atoms with Crippen molar-refractivity contribution in [3.63, 3.8) is 0 Å². The third kappa shape index (κ3) is 3.64. The normalized spacial score (nSPS) is 27.4. The predicted octanol–water partition coefficient (Wildman–Crippen LogP) is 2.96. The van der Waals surface area contributed by atoms with Crippen LogP contribution in [0.4, 0.5) is 4.79 Å². The van der Waals surface area contributed by atoms with Crippen molar-refractivity contribution in [2.24, 2.45) is 5.41 Å². The molecular formula is C17H25ClN4O2. The van der Waals surface area contributed by atoms with E-state index in [1.807, 2.05) is 25.7 Å². The number of aromatic nitrogens is 2. The van der Waals surface area contributed by atoms with Gasteiger partial charge in [0.15, 0.2) is 0 Å². The summed E-state index contributed by atoms with van der Waals surface area (Å²) in [5.41, 5.74) is 0.847. The molecule has 1 amide bonds. The molecule has 0 aliphatic carbocycles. The van der Waals surface area contributed by atoms with Crippen LogP contribution in [0.3, 0.4) is 0 Å². The molecule has 0 bridgehead atoms. The van der Waals surface area contributed by atoms with Crippen molar-refractivity contribution in [1.82, 2.24) is 19.8 Å². The van der Waals surface area contributed by atoms with Crippen molar-refractivity contribution in [2.75, 3.05) is 19.6 Å². The first-order valence-corrected chi connectivity index (χ1v) is 8.72. The van der Waals surface area contributed by atoms with E-state index in [4.69, 9.17) is 16.3 Å². The molecule has 2 atom stereocenters. The molecule has 2 aliphatic heterocycles. The summed E-state index contributed by atoms with van der Waals surface area (Å²) in [6.07, 6.45) is 4.31. The smallest absolute Gasteiger partial charge is 0.410 e. The van der Waals surface area contributed by atoms with Crippen LogP contribution in [0.15, 0.2) is 12.4 Å². The zero-order valence-electron chi connectivity index (χ0n) is 14.8. The lowest BCUT2D eigenvalue weighted by atomic mass is 9.68. The highest BCUT2D eigenvalue weighted by Gasteiger charge is 2.52. The number of fused-ring (bicyclic) bond motifs is 1. The van der Waals surface area contributed by atoms with E-state index in [-0.39, 0.29) is 16.8 Å². The Kier molecular flexibility index (Phi) is 4.47. The number of likely N-dealkylation sites (tertiary alicyclic amines) is 2. The highest BCUT2D eigenvalue weighted by Crippen LogP contribution is 2.44. The molecule has 3 heterocycles. The lowest BCUT2D eigenvalue weighted by Gasteiger charge is -2.60. The van der Waals surface area contributed by atoms with E-state index in [9.17, 15) is 4.79 Å². The molecule has 0 spiro atoms. The van der Waals surface area contributed by atoms with Crippen molar-refractivity contribution in [2.45, 2.75) is 52.3 Å². The van der Waals surface area contributed by atoms with Gasteiger partial charge in [0, 0.05) is 50.2 Å². The Morgan fingerprint density at radius 3 is 2.71 bits per heavy atom. The Morgan fingerprint density at radius 2 is 2.08 bits per heavy atom. The van der Waals surface area contributed by atoms with Crippen molar-refractivity contribution in [3.05, 3.63) is 23.2 Å². The van der Waals surface area contributed by atoms with Gasteiger partial charge in [-0.15, -0.1) is 0 Å². The van der Waals surface area contributed by atoms with Gasteiger partial charge in [0.2, 0.25) is 5.28 Å². The quantitative estimate of drug-likeness (QED) is 0.766. The predicted molar refractivity (Wildman–Crippen MR) is 91.8 cm³/mol. The number of rotatable bonds is 2. The fraction of sp³-hybridized carbons (Fsp3) is 0.706. The van der Waals surface area contributed by atoms with Crippen LogP contribution < -0.4 is 0 Å². The van der Waals surface area contributed by atoms with Crippen molar-refractivity contribution in [3.8, 4) is 0 Å². The summed E-state index contributed by atoms with van der Waals surface area (Å²) >= 11 is 5.74. The molecule has 1 aromatic rings. The average Bonchev–Trinajstić information content (AvgIpc) is 2.46. The van der Waals surface area contributed by atoms with Gasteiger partial charge < -0.3 is 9.64 Å². The maximum atomic E-state index is 12.3. The Balaban J connectivity index is 1.63. The van der Waals surface area contributed by atoms with Gasteiger partial charge in [-0.1, -0.05) is 6.92 Å². The number of hydrogen-bond acceptors (Lipinski definition) is 5. The van der Waals surface area contributed by atoms with Gasteiger partial charge in [0.05, 0.1) is 0 Å². The number of carbonyl (C=O) groups is 1. The average molecular weight is 353 g/mol. The van der Waals surface area contributed by atoms with Gasteiger partial charge in [0.1, 0.15) is 5.60 Å². The Bertz CT molecular complexity index is 616. The second-order valence-electron chi connectivity index (χ2n) is 8.11. The maximum absolute atomic E-state index is 12.3. The number of ether oxygens (including phenoxy) is 1. The number of halogens is 1. The Labute approximate surface area is 148 Å². The number of carbonyl (C=O) groups excluding carboxylic acids is 1. The molecule has 0 aromatic carbocycles. The van der Waals surface area contributed by atoms with Gasteiger partial charge in [0.25, 0.3) is 0 Å². The molecule has 0 saturated carbocycles. The van der Waals surface area contributed by atoms with E-state index >= 15 is 0 Å². The third-order valence-corrected chi connectivity index (χ3v) is 5.06. The Hall–Kier alpha value is -1.40. The molecule has 0 N–H and O–H groups in total. The van der Waals surface area contributed by atoms with Crippen LogP contribution in [0, 0.1) is 5.41 Å². The minimum absolute atomic E-state index is 0.216. The molecule has 2 fully saturated rings. The zero-order chi connectivity index (χ0) is 17.5. The second-order valence-corrected chi connectivity index (χ2v) is 8.45. The standard InChI is InChI=1S/C17H25ClN4O2/c1-16(2,3)24-15(23)21-6-5-17(4)11-22(13(17)10-21)9-12-7-19-14(18)20-8-12/h7-8,13H,5-6,9-11H2,1-4H3/t13-,17-/m0/s1. The van der Waals surface area contributed by atoms with E-state index < -0.39 is 5.60 Å². The van der Waals surface area contributed by atoms with E-state index in [1.54, 1.807) is 12.4 Å². The number of hydrogen-bond donors (Lipinski definition) is 0. The molecule has 0 radical (unpaired) electrons. The van der Waals surface area contributed by atoms with Crippen molar-refractivity contribution >= 4 is 17.7 Å². The van der Waals surface area contributed by atoms with E-state index in [0.717, 1.165) is 31.6 Å². The van der Waals surface area contributed by atoms with Crippen LogP contribution in [-0.4, -0.2) is 57.1 Å². The maximum Gasteiger partial charge on any atom is 0.410 e. The summed E-state index contributed by atoms with van der Waals surface area (Å²) < 4.78 is 5.52. The second kappa shape index (κ2) is 6.15. The lowest BCUT2D eigenvalue weighted by molar-refractivity contribution is -0.115. The minimum Gasteiger partial charge on any atom is -0.444 e. The molecule has 24 heavy (non-hydrogen) atoms. The lowest BCUT2D eigenvalue weighted by Crippen LogP contribution is -2.70. The largest absolute Gasteiger partial charge is 0.444 e. The number of piperidine rings is 1. The molecule has 2 aliphatic rings. The first-order valence-electron chi connectivity index (χ1n) is 8.35. The summed E-state index contributed by atoms with van der Waals surface area (Å²) in [6.45, 7) is 11.3. The van der Waals surface area contributed by atoms with Gasteiger partial charge in [-0.3, -0.25) is 4.90 Å². The molecule has 3 rings (SSSR count). The SMILES string of the molecule is CC(C)(C)OC(=O)N1CC[C@@]2(C)CN(Cc3cnc(Cl)nc3)[C@H]2C1. The van der Waals surface area contributed by atoms with Gasteiger partial charge in [-0.05, 0) is 44.2 Å². The van der Waals surface area contributed by atoms with E-state index in [2.05, 4.69) is 21.8 Å². The monoisotopic (exact) mass is 352 g/mol. The van der Waals surface area contributed by atoms with Crippen molar-refractivity contribution in [1.29, 1.82) is 0 Å². The summed E-state index contributed by atoms with van der Waals surface area (Å²) in [7, 11) is 0. The molecular weight excluding hydrogens is 328 g/mol. The molecule has 7 heteroatoms. The molecule has 1 aromatic heterocycles. The third-order valence-electron chi connectivity index (χ3n) is 4.87. The zero-order valence-corrected chi connectivity index (χ0v) is 15.5. The van der Waals surface area contributed by atoms with E-state index in [1.165, 1.54) is 0 Å².